The zero-order chi connectivity index (χ0) is 13.1. The van der Waals surface area contributed by atoms with Crippen LogP contribution in [0.25, 0.3) is 17.2 Å². The molecule has 0 amide bonds. The van der Waals surface area contributed by atoms with Crippen LogP contribution < -0.4 is 0 Å². The molecule has 18 heavy (non-hydrogen) atoms. The van der Waals surface area contributed by atoms with Crippen LogP contribution in [-0.2, 0) is 0 Å². The van der Waals surface area contributed by atoms with Crippen LogP contribution in [0.2, 0.25) is 5.02 Å². The molecule has 0 atom stereocenters. The molecule has 0 aromatic heterocycles. The third-order valence-electron chi connectivity index (χ3n) is 2.92. The minimum Gasteiger partial charge on any atom is -0.507 e. The number of rotatable bonds is 2. The fourth-order valence-electron chi connectivity index (χ4n) is 2.01. The average molecular weight is 259 g/mol. The van der Waals surface area contributed by atoms with Crippen molar-refractivity contribution < 1.29 is 5.11 Å². The Morgan fingerprint density at radius 1 is 1.11 bits per heavy atom. The second-order valence-corrected chi connectivity index (χ2v) is 4.58. The number of aryl methyl sites for hydroxylation is 1. The average Bonchev–Trinajstić information content (AvgIpc) is 2.35. The lowest BCUT2D eigenvalue weighted by Crippen LogP contribution is -1.87. The molecule has 0 fully saturated rings. The normalized spacial score (nSPS) is 11.1. The van der Waals surface area contributed by atoms with Gasteiger partial charge >= 0.3 is 0 Å². The van der Waals surface area contributed by atoms with Gasteiger partial charge in [0, 0.05) is 11.1 Å². The van der Waals surface area contributed by atoms with Gasteiger partial charge in [0.25, 0.3) is 0 Å². The molecule has 1 N–H and O–H groups in total. The van der Waals surface area contributed by atoms with Crippen molar-refractivity contribution in [3.63, 3.8) is 0 Å². The van der Waals surface area contributed by atoms with E-state index in [1.54, 1.807) is 0 Å². The molecule has 0 bridgehead atoms. The molecule has 1 nitrogen and oxygen atoms in total. The van der Waals surface area contributed by atoms with Crippen LogP contribution in [-0.4, -0.2) is 5.11 Å². The summed E-state index contributed by atoms with van der Waals surface area (Å²) in [4.78, 5) is 0. The molecule has 2 rings (SSSR count). The third kappa shape index (κ3) is 2.27. The fraction of sp³-hybridized carbons (Fsp3) is 0.125. The molecule has 92 valence electrons. The Bertz CT molecular complexity index is 600. The maximum Gasteiger partial charge on any atom is 0.132 e. The number of phenols is 1. The van der Waals surface area contributed by atoms with Gasteiger partial charge in [-0.25, -0.2) is 0 Å². The minimum atomic E-state index is 0.231. The lowest BCUT2D eigenvalue weighted by Gasteiger charge is -2.12. The van der Waals surface area contributed by atoms with E-state index in [9.17, 15) is 5.11 Å². The van der Waals surface area contributed by atoms with Crippen molar-refractivity contribution in [3.8, 4) is 16.9 Å². The third-order valence-corrected chi connectivity index (χ3v) is 3.23. The van der Waals surface area contributed by atoms with E-state index < -0.39 is 0 Å². The summed E-state index contributed by atoms with van der Waals surface area (Å²) in [5.74, 6) is 0.231. The number of aromatic hydroxyl groups is 1. The van der Waals surface area contributed by atoms with Crippen molar-refractivity contribution in [1.82, 2.24) is 0 Å². The van der Waals surface area contributed by atoms with Crippen LogP contribution >= 0.6 is 11.6 Å². The van der Waals surface area contributed by atoms with Gasteiger partial charge in [-0.05, 0) is 37.1 Å². The summed E-state index contributed by atoms with van der Waals surface area (Å²) in [6.45, 7) is 3.93. The molecule has 0 heterocycles. The van der Waals surface area contributed by atoms with E-state index in [0.29, 0.717) is 10.6 Å². The molecule has 0 aliphatic carbocycles. The highest BCUT2D eigenvalue weighted by atomic mass is 35.5. The molecule has 0 saturated heterocycles. The monoisotopic (exact) mass is 258 g/mol. The summed E-state index contributed by atoms with van der Waals surface area (Å²) < 4.78 is 0. The van der Waals surface area contributed by atoms with E-state index in [4.69, 9.17) is 11.6 Å². The van der Waals surface area contributed by atoms with Gasteiger partial charge in [-0.2, -0.15) is 0 Å². The maximum absolute atomic E-state index is 10.3. The number of hydrogen-bond donors (Lipinski definition) is 1. The minimum absolute atomic E-state index is 0.231. The number of benzene rings is 2. The number of hydrogen-bond acceptors (Lipinski definition) is 1. The van der Waals surface area contributed by atoms with Crippen LogP contribution in [0.1, 0.15) is 18.1 Å². The Balaban J connectivity index is 2.71. The van der Waals surface area contributed by atoms with Crippen molar-refractivity contribution in [2.75, 3.05) is 0 Å². The molecule has 0 radical (unpaired) electrons. The molecule has 2 aromatic rings. The maximum atomic E-state index is 10.3. The summed E-state index contributed by atoms with van der Waals surface area (Å²) in [6, 6.07) is 11.5. The van der Waals surface area contributed by atoms with Gasteiger partial charge in [-0.1, -0.05) is 48.0 Å². The second-order valence-electron chi connectivity index (χ2n) is 4.18. The van der Waals surface area contributed by atoms with Gasteiger partial charge in [-0.15, -0.1) is 0 Å². The van der Waals surface area contributed by atoms with Crippen molar-refractivity contribution in [2.24, 2.45) is 0 Å². The predicted molar refractivity (Wildman–Crippen MR) is 78.0 cm³/mol. The Kier molecular flexibility index (Phi) is 3.73. The number of halogens is 1. The molecule has 2 aromatic carbocycles. The smallest absolute Gasteiger partial charge is 0.132 e. The molecule has 2 heteroatoms. The molecular weight excluding hydrogens is 244 g/mol. The van der Waals surface area contributed by atoms with Crippen LogP contribution in [0.5, 0.6) is 5.75 Å². The quantitative estimate of drug-likeness (QED) is 0.799. The highest BCUT2D eigenvalue weighted by molar-refractivity contribution is 6.33. The first kappa shape index (κ1) is 12.7. The summed E-state index contributed by atoms with van der Waals surface area (Å²) in [6.07, 6.45) is 3.76. The molecular formula is C16H15ClO. The van der Waals surface area contributed by atoms with Gasteiger partial charge in [-0.3, -0.25) is 0 Å². The van der Waals surface area contributed by atoms with Gasteiger partial charge in [0.2, 0.25) is 0 Å². The number of allylic oxidation sites excluding steroid dienone is 1. The SMILES string of the molecule is CC=Cc1ccc(Cl)c(-c2ccccc2C)c1O. The first-order chi connectivity index (χ1) is 8.65. The van der Waals surface area contributed by atoms with Crippen molar-refractivity contribution in [2.45, 2.75) is 13.8 Å². The Morgan fingerprint density at radius 3 is 2.50 bits per heavy atom. The van der Waals surface area contributed by atoms with E-state index in [2.05, 4.69) is 0 Å². The Hall–Kier alpha value is -1.73. The van der Waals surface area contributed by atoms with Crippen molar-refractivity contribution in [1.29, 1.82) is 0 Å². The van der Waals surface area contributed by atoms with E-state index in [1.165, 1.54) is 0 Å². The molecule has 0 saturated carbocycles. The Morgan fingerprint density at radius 2 is 1.83 bits per heavy atom. The predicted octanol–water partition coefficient (Wildman–Crippen LogP) is 5.05. The lowest BCUT2D eigenvalue weighted by molar-refractivity contribution is 0.476. The molecule has 0 unspecified atom stereocenters. The summed E-state index contributed by atoms with van der Waals surface area (Å²) >= 11 is 6.22. The number of phenolic OH excluding ortho intramolecular Hbond substituents is 1. The van der Waals surface area contributed by atoms with Gasteiger partial charge < -0.3 is 5.11 Å². The highest BCUT2D eigenvalue weighted by Crippen LogP contribution is 2.40. The second kappa shape index (κ2) is 5.28. The Labute approximate surface area is 112 Å². The van der Waals surface area contributed by atoms with Crippen molar-refractivity contribution in [3.05, 3.63) is 58.6 Å². The summed E-state index contributed by atoms with van der Waals surface area (Å²) in [5, 5.41) is 10.9. The first-order valence-electron chi connectivity index (χ1n) is 5.85. The highest BCUT2D eigenvalue weighted by Gasteiger charge is 2.13. The molecule has 0 spiro atoms. The first-order valence-corrected chi connectivity index (χ1v) is 6.23. The van der Waals surface area contributed by atoms with E-state index in [1.807, 2.05) is 62.4 Å². The van der Waals surface area contributed by atoms with Crippen LogP contribution in [0.3, 0.4) is 0 Å². The van der Waals surface area contributed by atoms with Gasteiger partial charge in [0.15, 0.2) is 0 Å². The fourth-order valence-corrected chi connectivity index (χ4v) is 2.26. The lowest BCUT2D eigenvalue weighted by atomic mass is 9.97. The summed E-state index contributed by atoms with van der Waals surface area (Å²) in [5.41, 5.74) is 3.53. The zero-order valence-corrected chi connectivity index (χ0v) is 11.2. The van der Waals surface area contributed by atoms with E-state index >= 15 is 0 Å². The van der Waals surface area contributed by atoms with Crippen LogP contribution in [0, 0.1) is 6.92 Å². The van der Waals surface area contributed by atoms with Crippen LogP contribution in [0.4, 0.5) is 0 Å². The molecule has 0 aliphatic heterocycles. The van der Waals surface area contributed by atoms with Crippen LogP contribution in [0.15, 0.2) is 42.5 Å². The van der Waals surface area contributed by atoms with Crippen molar-refractivity contribution >= 4 is 17.7 Å². The van der Waals surface area contributed by atoms with Gasteiger partial charge in [0.1, 0.15) is 5.75 Å². The largest absolute Gasteiger partial charge is 0.507 e. The molecule has 0 aliphatic rings. The van der Waals surface area contributed by atoms with Gasteiger partial charge in [0.05, 0.1) is 5.02 Å². The van der Waals surface area contributed by atoms with E-state index in [-0.39, 0.29) is 5.75 Å². The topological polar surface area (TPSA) is 20.2 Å². The summed E-state index contributed by atoms with van der Waals surface area (Å²) in [7, 11) is 0. The van der Waals surface area contributed by atoms with E-state index in [0.717, 1.165) is 16.7 Å². The zero-order valence-electron chi connectivity index (χ0n) is 10.4. The standard InChI is InChI=1S/C16H15ClO/c1-3-6-12-9-10-14(17)15(16(12)18)13-8-5-4-7-11(13)2/h3-10,18H,1-2H3.